The van der Waals surface area contributed by atoms with Crippen molar-refractivity contribution in [3.05, 3.63) is 23.7 Å². The second-order valence-corrected chi connectivity index (χ2v) is 7.01. The third kappa shape index (κ3) is 2.87. The summed E-state index contributed by atoms with van der Waals surface area (Å²) in [6.45, 7) is 1.92. The zero-order valence-electron chi connectivity index (χ0n) is 9.85. The summed E-state index contributed by atoms with van der Waals surface area (Å²) in [5.41, 5.74) is 0. The van der Waals surface area contributed by atoms with Crippen LogP contribution in [0.25, 0.3) is 0 Å². The number of nitrogens with one attached hydrogen (secondary N) is 1. The molecule has 100 valence electrons. The van der Waals surface area contributed by atoms with E-state index in [9.17, 15) is 13.2 Å². The first-order chi connectivity index (χ1) is 8.41. The van der Waals surface area contributed by atoms with Crippen LogP contribution in [0.2, 0.25) is 0 Å². The molecule has 1 aromatic rings. The van der Waals surface area contributed by atoms with Gasteiger partial charge < -0.3 is 9.73 Å². The average molecular weight is 292 g/mol. The Hall–Kier alpha value is -1.01. The van der Waals surface area contributed by atoms with Crippen LogP contribution in [0, 0.1) is 0 Å². The third-order valence-electron chi connectivity index (χ3n) is 2.83. The lowest BCUT2D eigenvalue weighted by molar-refractivity contribution is 0.0912. The van der Waals surface area contributed by atoms with Crippen LogP contribution in [0.3, 0.4) is 0 Å². The van der Waals surface area contributed by atoms with E-state index in [1.807, 2.05) is 6.92 Å². The van der Waals surface area contributed by atoms with Crippen LogP contribution in [-0.2, 0) is 16.3 Å². The molecule has 1 saturated heterocycles. The molecule has 2 unspecified atom stereocenters. The van der Waals surface area contributed by atoms with Gasteiger partial charge in [-0.2, -0.15) is 0 Å². The van der Waals surface area contributed by atoms with E-state index in [2.05, 4.69) is 5.32 Å². The molecule has 7 heteroatoms. The van der Waals surface area contributed by atoms with Crippen molar-refractivity contribution in [3.8, 4) is 0 Å². The summed E-state index contributed by atoms with van der Waals surface area (Å²) in [5, 5.41) is 2.01. The van der Waals surface area contributed by atoms with Crippen LogP contribution >= 0.6 is 11.6 Å². The van der Waals surface area contributed by atoms with Gasteiger partial charge in [-0.3, -0.25) is 4.79 Å². The molecule has 0 spiro atoms. The van der Waals surface area contributed by atoms with Crippen LogP contribution in [-0.4, -0.2) is 37.2 Å². The number of rotatable bonds is 3. The first kappa shape index (κ1) is 13.4. The number of sulfone groups is 1. The fraction of sp³-hybridized carbons (Fsp3) is 0.545. The fourth-order valence-electron chi connectivity index (χ4n) is 1.87. The van der Waals surface area contributed by atoms with Gasteiger partial charge in [0, 0.05) is 6.42 Å². The lowest BCUT2D eigenvalue weighted by Gasteiger charge is -2.12. The first-order valence-corrected chi connectivity index (χ1v) is 7.91. The Kier molecular flexibility index (Phi) is 3.68. The van der Waals surface area contributed by atoms with Gasteiger partial charge in [0.1, 0.15) is 5.76 Å². The van der Waals surface area contributed by atoms with Crippen LogP contribution in [0.5, 0.6) is 0 Å². The van der Waals surface area contributed by atoms with E-state index in [4.69, 9.17) is 16.0 Å². The van der Waals surface area contributed by atoms with Gasteiger partial charge in [0.15, 0.2) is 15.6 Å². The Labute approximate surface area is 110 Å². The predicted octanol–water partition coefficient (Wildman–Crippen LogP) is 0.976. The van der Waals surface area contributed by atoms with Crippen molar-refractivity contribution in [2.45, 2.75) is 24.8 Å². The zero-order chi connectivity index (χ0) is 13.3. The summed E-state index contributed by atoms with van der Waals surface area (Å²) in [4.78, 5) is 11.8. The highest BCUT2D eigenvalue weighted by molar-refractivity contribution is 7.91. The van der Waals surface area contributed by atoms with Crippen molar-refractivity contribution < 1.29 is 17.6 Å². The minimum Gasteiger partial charge on any atom is -0.456 e. The Morgan fingerprint density at radius 2 is 2.22 bits per heavy atom. The molecule has 0 aromatic carbocycles. The molecule has 1 amide bonds. The monoisotopic (exact) mass is 291 g/mol. The van der Waals surface area contributed by atoms with Gasteiger partial charge in [-0.15, -0.1) is 11.6 Å². The van der Waals surface area contributed by atoms with E-state index in [-0.39, 0.29) is 17.3 Å². The lowest BCUT2D eigenvalue weighted by Crippen LogP contribution is -2.40. The van der Waals surface area contributed by atoms with Crippen LogP contribution in [0.1, 0.15) is 23.2 Å². The maximum absolute atomic E-state index is 11.8. The summed E-state index contributed by atoms with van der Waals surface area (Å²) in [5.74, 6) is 0.246. The number of halogens is 1. The van der Waals surface area contributed by atoms with E-state index in [0.717, 1.165) is 0 Å². The summed E-state index contributed by atoms with van der Waals surface area (Å²) in [6.07, 6.45) is 0.698. The van der Waals surface area contributed by atoms with Crippen molar-refractivity contribution in [3.63, 3.8) is 0 Å². The SMILES string of the molecule is CCc1ccc(C(=O)NC2CS(=O)(=O)CC2Cl)o1. The molecule has 1 N–H and O–H groups in total. The minimum atomic E-state index is -3.15. The van der Waals surface area contributed by atoms with E-state index in [1.54, 1.807) is 12.1 Å². The molecule has 0 bridgehead atoms. The number of aryl methyl sites for hydroxylation is 1. The number of alkyl halides is 1. The molecular formula is C11H14ClNO4S. The number of hydrogen-bond donors (Lipinski definition) is 1. The average Bonchev–Trinajstić information content (AvgIpc) is 2.83. The molecule has 1 aliphatic rings. The first-order valence-electron chi connectivity index (χ1n) is 5.65. The normalized spacial score (nSPS) is 26.1. The highest BCUT2D eigenvalue weighted by Gasteiger charge is 2.37. The van der Waals surface area contributed by atoms with Crippen LogP contribution in [0.15, 0.2) is 16.5 Å². The van der Waals surface area contributed by atoms with E-state index < -0.39 is 27.2 Å². The number of amides is 1. The summed E-state index contributed by atoms with van der Waals surface area (Å²) in [7, 11) is -3.15. The molecule has 5 nitrogen and oxygen atoms in total. The standard InChI is InChI=1S/C11H14ClNO4S/c1-2-7-3-4-10(17-7)11(14)13-9-6-18(15,16)5-8(9)12/h3-4,8-9H,2,5-6H2,1H3,(H,13,14). The molecule has 2 rings (SSSR count). The maximum Gasteiger partial charge on any atom is 0.287 e. The molecular weight excluding hydrogens is 278 g/mol. The van der Waals surface area contributed by atoms with Crippen LogP contribution in [0.4, 0.5) is 0 Å². The summed E-state index contributed by atoms with van der Waals surface area (Å²) < 4.78 is 28.0. The van der Waals surface area contributed by atoms with Gasteiger partial charge in [-0.05, 0) is 12.1 Å². The van der Waals surface area contributed by atoms with Gasteiger partial charge >= 0.3 is 0 Å². The Balaban J connectivity index is 2.04. The number of furan rings is 1. The van der Waals surface area contributed by atoms with Crippen LogP contribution < -0.4 is 5.32 Å². The Bertz CT molecular complexity index is 551. The molecule has 0 saturated carbocycles. The van der Waals surface area contributed by atoms with Crippen molar-refractivity contribution in [1.29, 1.82) is 0 Å². The second-order valence-electron chi connectivity index (χ2n) is 4.29. The Morgan fingerprint density at radius 3 is 2.72 bits per heavy atom. The molecule has 1 aliphatic heterocycles. The quantitative estimate of drug-likeness (QED) is 0.842. The molecule has 1 fully saturated rings. The molecule has 0 radical (unpaired) electrons. The van der Waals surface area contributed by atoms with Crippen molar-refractivity contribution in [2.24, 2.45) is 0 Å². The lowest BCUT2D eigenvalue weighted by atomic mass is 10.2. The summed E-state index contributed by atoms with van der Waals surface area (Å²) >= 11 is 5.90. The van der Waals surface area contributed by atoms with E-state index in [0.29, 0.717) is 12.2 Å². The highest BCUT2D eigenvalue weighted by atomic mass is 35.5. The van der Waals surface area contributed by atoms with Crippen molar-refractivity contribution in [1.82, 2.24) is 5.32 Å². The third-order valence-corrected chi connectivity index (χ3v) is 5.21. The molecule has 2 atom stereocenters. The predicted molar refractivity (Wildman–Crippen MR) is 67.6 cm³/mol. The highest BCUT2D eigenvalue weighted by Crippen LogP contribution is 2.18. The number of hydrogen-bond acceptors (Lipinski definition) is 4. The van der Waals surface area contributed by atoms with Crippen molar-refractivity contribution >= 4 is 27.3 Å². The van der Waals surface area contributed by atoms with E-state index in [1.165, 1.54) is 0 Å². The number of carbonyl (C=O) groups excluding carboxylic acids is 1. The molecule has 2 heterocycles. The smallest absolute Gasteiger partial charge is 0.287 e. The molecule has 1 aromatic heterocycles. The van der Waals surface area contributed by atoms with Gasteiger partial charge in [0.25, 0.3) is 5.91 Å². The van der Waals surface area contributed by atoms with Gasteiger partial charge in [-0.1, -0.05) is 6.92 Å². The van der Waals surface area contributed by atoms with Gasteiger partial charge in [0.2, 0.25) is 0 Å². The number of carbonyl (C=O) groups is 1. The largest absolute Gasteiger partial charge is 0.456 e. The second kappa shape index (κ2) is 4.93. The topological polar surface area (TPSA) is 76.4 Å². The zero-order valence-corrected chi connectivity index (χ0v) is 11.4. The molecule has 0 aliphatic carbocycles. The van der Waals surface area contributed by atoms with Gasteiger partial charge in [-0.25, -0.2) is 8.42 Å². The maximum atomic E-state index is 11.8. The van der Waals surface area contributed by atoms with Crippen molar-refractivity contribution in [2.75, 3.05) is 11.5 Å². The fourth-order valence-corrected chi connectivity index (χ4v) is 4.42. The van der Waals surface area contributed by atoms with Gasteiger partial charge in [0.05, 0.1) is 22.9 Å². The Morgan fingerprint density at radius 1 is 1.50 bits per heavy atom. The minimum absolute atomic E-state index is 0.0993. The molecule has 18 heavy (non-hydrogen) atoms. The summed E-state index contributed by atoms with van der Waals surface area (Å²) in [6, 6.07) is 2.73. The van der Waals surface area contributed by atoms with E-state index >= 15 is 0 Å².